The summed E-state index contributed by atoms with van der Waals surface area (Å²) in [4.78, 5) is 21.3. The average molecular weight is 478 g/mol. The van der Waals surface area contributed by atoms with Gasteiger partial charge >= 0.3 is 0 Å². The number of hydrogen-bond acceptors (Lipinski definition) is 5. The molecular formula is C26H25F2N5O2. The zero-order valence-corrected chi connectivity index (χ0v) is 19.3. The van der Waals surface area contributed by atoms with Crippen molar-refractivity contribution < 1.29 is 18.3 Å². The number of piperidine rings is 1. The molecule has 3 heterocycles. The van der Waals surface area contributed by atoms with Gasteiger partial charge in [-0.2, -0.15) is 14.5 Å². The molecule has 0 aliphatic carbocycles. The molecule has 1 fully saturated rings. The second kappa shape index (κ2) is 10.4. The second-order valence-corrected chi connectivity index (χ2v) is 8.12. The normalized spacial score (nSPS) is 16.1. The molecule has 1 amide bonds. The van der Waals surface area contributed by atoms with E-state index >= 15 is 8.78 Å². The lowest BCUT2D eigenvalue weighted by molar-refractivity contribution is -0.127. The predicted molar refractivity (Wildman–Crippen MR) is 130 cm³/mol. The molecule has 1 aromatic carbocycles. The largest absolute Gasteiger partial charge is 0.439 e. The maximum atomic E-state index is 15.1. The van der Waals surface area contributed by atoms with Crippen LogP contribution in [0.15, 0.2) is 66.3 Å². The van der Waals surface area contributed by atoms with Crippen molar-refractivity contribution in [1.82, 2.24) is 19.7 Å². The number of rotatable bonds is 7. The fraction of sp³-hybridized carbons (Fsp3) is 0.231. The number of carbonyl (C=O) groups is 1. The number of carbonyl (C=O) groups excluding carboxylic acids is 1. The van der Waals surface area contributed by atoms with Crippen molar-refractivity contribution in [2.75, 3.05) is 13.1 Å². The maximum absolute atomic E-state index is 15.1. The summed E-state index contributed by atoms with van der Waals surface area (Å²) in [6, 6.07) is 11.9. The van der Waals surface area contributed by atoms with Crippen molar-refractivity contribution in [2.45, 2.75) is 25.7 Å². The zero-order chi connectivity index (χ0) is 24.9. The summed E-state index contributed by atoms with van der Waals surface area (Å²) in [5.41, 5.74) is 1.05. The van der Waals surface area contributed by atoms with Crippen LogP contribution in [0.1, 0.15) is 35.7 Å². The van der Waals surface area contributed by atoms with E-state index in [2.05, 4.69) is 28.4 Å². The fourth-order valence-corrected chi connectivity index (χ4v) is 4.25. The average Bonchev–Trinajstić information content (AvgIpc) is 3.21. The SMILES string of the molecule is C=CC(=O)N1CCC[C@H](c2nn(-c3ccc(Oc4ccccc4)nc3F)c(C)c2/C(F)=C\N=C)C1. The monoisotopic (exact) mass is 477 g/mol. The van der Waals surface area contributed by atoms with E-state index in [0.717, 1.165) is 12.6 Å². The second-order valence-electron chi connectivity index (χ2n) is 8.12. The van der Waals surface area contributed by atoms with E-state index < -0.39 is 11.8 Å². The molecule has 0 N–H and O–H groups in total. The molecule has 35 heavy (non-hydrogen) atoms. The van der Waals surface area contributed by atoms with Crippen LogP contribution in [0.2, 0.25) is 0 Å². The van der Waals surface area contributed by atoms with Gasteiger partial charge in [-0.25, -0.2) is 9.07 Å². The van der Waals surface area contributed by atoms with Crippen LogP contribution in [0.4, 0.5) is 8.78 Å². The van der Waals surface area contributed by atoms with Gasteiger partial charge in [0.2, 0.25) is 17.7 Å². The smallest absolute Gasteiger partial charge is 0.245 e. The van der Waals surface area contributed by atoms with E-state index in [4.69, 9.17) is 4.74 Å². The van der Waals surface area contributed by atoms with Crippen molar-refractivity contribution in [3.05, 3.63) is 84.2 Å². The lowest BCUT2D eigenvalue weighted by Crippen LogP contribution is -2.38. The quantitative estimate of drug-likeness (QED) is 0.261. The molecule has 1 saturated heterocycles. The summed E-state index contributed by atoms with van der Waals surface area (Å²) < 4.78 is 37.2. The molecule has 2 aromatic heterocycles. The van der Waals surface area contributed by atoms with Crippen LogP contribution in [-0.4, -0.2) is 45.4 Å². The summed E-state index contributed by atoms with van der Waals surface area (Å²) in [6.07, 6.45) is 3.68. The van der Waals surface area contributed by atoms with Crippen molar-refractivity contribution in [3.63, 3.8) is 0 Å². The molecule has 0 bridgehead atoms. The number of amides is 1. The molecule has 1 atom stereocenters. The Hall–Kier alpha value is -4.14. The Morgan fingerprint density at radius 2 is 2.03 bits per heavy atom. The van der Waals surface area contributed by atoms with Crippen LogP contribution in [-0.2, 0) is 4.79 Å². The van der Waals surface area contributed by atoms with E-state index in [-0.39, 0.29) is 29.0 Å². The van der Waals surface area contributed by atoms with Gasteiger partial charge in [0.1, 0.15) is 11.4 Å². The van der Waals surface area contributed by atoms with Crippen LogP contribution < -0.4 is 4.74 Å². The first-order valence-electron chi connectivity index (χ1n) is 11.2. The van der Waals surface area contributed by atoms with E-state index in [0.29, 0.717) is 36.6 Å². The number of aliphatic imine (C=N–C) groups is 1. The molecule has 0 saturated carbocycles. The van der Waals surface area contributed by atoms with Crippen LogP contribution in [0.25, 0.3) is 11.5 Å². The minimum Gasteiger partial charge on any atom is -0.439 e. The molecule has 1 aliphatic rings. The number of nitrogens with zero attached hydrogens (tertiary/aromatic N) is 5. The summed E-state index contributed by atoms with van der Waals surface area (Å²) in [5.74, 6) is -1.30. The molecule has 1 aliphatic heterocycles. The Labute approximate surface area is 202 Å². The van der Waals surface area contributed by atoms with Crippen molar-refractivity contribution in [1.29, 1.82) is 0 Å². The number of para-hydroxylation sites is 1. The number of benzene rings is 1. The van der Waals surface area contributed by atoms with E-state index in [1.54, 1.807) is 36.1 Å². The third-order valence-corrected chi connectivity index (χ3v) is 5.88. The fourth-order valence-electron chi connectivity index (χ4n) is 4.25. The van der Waals surface area contributed by atoms with E-state index in [1.165, 1.54) is 22.9 Å². The molecule has 4 rings (SSSR count). The molecule has 180 valence electrons. The van der Waals surface area contributed by atoms with Gasteiger partial charge in [0.05, 0.1) is 23.2 Å². The molecular weight excluding hydrogens is 452 g/mol. The molecule has 9 heteroatoms. The van der Waals surface area contributed by atoms with Gasteiger partial charge in [-0.3, -0.25) is 9.79 Å². The van der Waals surface area contributed by atoms with Gasteiger partial charge in [-0.1, -0.05) is 24.8 Å². The van der Waals surface area contributed by atoms with Crippen LogP contribution in [0.3, 0.4) is 0 Å². The molecule has 0 unspecified atom stereocenters. The number of pyridine rings is 1. The first-order valence-corrected chi connectivity index (χ1v) is 11.2. The topological polar surface area (TPSA) is 72.6 Å². The summed E-state index contributed by atoms with van der Waals surface area (Å²) in [7, 11) is 0. The van der Waals surface area contributed by atoms with Gasteiger partial charge in [-0.15, -0.1) is 0 Å². The van der Waals surface area contributed by atoms with Crippen molar-refractivity contribution >= 4 is 18.5 Å². The lowest BCUT2D eigenvalue weighted by Gasteiger charge is -2.31. The highest BCUT2D eigenvalue weighted by molar-refractivity contribution is 5.87. The van der Waals surface area contributed by atoms with Crippen LogP contribution in [0, 0.1) is 12.9 Å². The van der Waals surface area contributed by atoms with E-state index in [9.17, 15) is 4.79 Å². The van der Waals surface area contributed by atoms with Gasteiger partial charge in [-0.05, 0) is 50.8 Å². The Bertz CT molecular complexity index is 1290. The summed E-state index contributed by atoms with van der Waals surface area (Å²) in [5, 5.41) is 4.59. The predicted octanol–water partition coefficient (Wildman–Crippen LogP) is 5.37. The third-order valence-electron chi connectivity index (χ3n) is 5.88. The van der Waals surface area contributed by atoms with Gasteiger partial charge in [0.25, 0.3) is 0 Å². The molecule has 0 radical (unpaired) electrons. The Morgan fingerprint density at radius 1 is 1.26 bits per heavy atom. The summed E-state index contributed by atoms with van der Waals surface area (Å²) in [6.45, 7) is 9.46. The number of ether oxygens (including phenoxy) is 1. The van der Waals surface area contributed by atoms with Crippen LogP contribution in [0.5, 0.6) is 11.6 Å². The number of likely N-dealkylation sites (tertiary alicyclic amines) is 1. The van der Waals surface area contributed by atoms with Gasteiger partial charge in [0, 0.05) is 25.1 Å². The number of aromatic nitrogens is 3. The molecule has 3 aromatic rings. The maximum Gasteiger partial charge on any atom is 0.245 e. The van der Waals surface area contributed by atoms with Crippen LogP contribution >= 0.6 is 0 Å². The Morgan fingerprint density at radius 3 is 2.71 bits per heavy atom. The van der Waals surface area contributed by atoms with Gasteiger partial charge < -0.3 is 9.64 Å². The minimum atomic E-state index is -0.819. The number of hydrogen-bond donors (Lipinski definition) is 0. The van der Waals surface area contributed by atoms with Crippen molar-refractivity contribution in [2.24, 2.45) is 4.99 Å². The lowest BCUT2D eigenvalue weighted by atomic mass is 9.91. The highest BCUT2D eigenvalue weighted by Crippen LogP contribution is 2.36. The Balaban J connectivity index is 1.73. The zero-order valence-electron chi connectivity index (χ0n) is 19.3. The first kappa shape index (κ1) is 24.0. The van der Waals surface area contributed by atoms with Gasteiger partial charge in [0.15, 0.2) is 5.83 Å². The highest BCUT2D eigenvalue weighted by Gasteiger charge is 2.31. The summed E-state index contributed by atoms with van der Waals surface area (Å²) >= 11 is 0. The standard InChI is InChI=1S/C26H25F2N5O2/c1-4-23(34)32-14-8-9-18(16-32)25-24(20(27)15-29-3)17(2)33(31-25)21-12-13-22(30-26(21)28)35-19-10-6-5-7-11-19/h4-7,10-13,15,18H,1,3,8-9,14,16H2,2H3/b20-15+/t18-/m0/s1. The highest BCUT2D eigenvalue weighted by atomic mass is 19.1. The molecule has 7 nitrogen and oxygen atoms in total. The first-order chi connectivity index (χ1) is 16.9. The minimum absolute atomic E-state index is 0.0459. The molecule has 0 spiro atoms. The number of halogens is 2. The van der Waals surface area contributed by atoms with E-state index in [1.807, 2.05) is 6.07 Å². The van der Waals surface area contributed by atoms with Crippen molar-refractivity contribution in [3.8, 4) is 17.3 Å². The Kier molecular flexibility index (Phi) is 7.14. The third kappa shape index (κ3) is 5.03.